The summed E-state index contributed by atoms with van der Waals surface area (Å²) in [6.07, 6.45) is 1.80. The molecule has 0 N–H and O–H groups in total. The summed E-state index contributed by atoms with van der Waals surface area (Å²) >= 11 is 0. The molecule has 0 unspecified atom stereocenters. The van der Waals surface area contributed by atoms with E-state index in [0.29, 0.717) is 12.3 Å². The number of rotatable bonds is 5. The summed E-state index contributed by atoms with van der Waals surface area (Å²) in [5.74, 6) is 0.320. The molecule has 0 aliphatic rings. The van der Waals surface area contributed by atoms with Crippen LogP contribution in [-0.4, -0.2) is 22.9 Å². The maximum Gasteiger partial charge on any atom is 0.359 e. The van der Waals surface area contributed by atoms with Crippen LogP contribution in [0.1, 0.15) is 16.1 Å². The van der Waals surface area contributed by atoms with Crippen molar-refractivity contribution in [2.24, 2.45) is 7.05 Å². The maximum absolute atomic E-state index is 11.8. The zero-order valence-corrected chi connectivity index (χ0v) is 13.6. The summed E-state index contributed by atoms with van der Waals surface area (Å²) < 4.78 is 12.2. The third-order valence-electron chi connectivity index (χ3n) is 3.62. The van der Waals surface area contributed by atoms with Gasteiger partial charge < -0.3 is 9.47 Å². The van der Waals surface area contributed by atoms with Crippen molar-refractivity contribution < 1.29 is 14.3 Å². The van der Waals surface area contributed by atoms with Crippen LogP contribution in [0.2, 0.25) is 0 Å². The molecule has 2 aromatic carbocycles. The summed E-state index contributed by atoms with van der Waals surface area (Å²) in [5.41, 5.74) is 3.04. The smallest absolute Gasteiger partial charge is 0.359 e. The summed E-state index contributed by atoms with van der Waals surface area (Å²) in [7, 11) is 3.12. The second-order valence-corrected chi connectivity index (χ2v) is 5.36. The van der Waals surface area contributed by atoms with E-state index < -0.39 is 5.97 Å². The summed E-state index contributed by atoms with van der Waals surface area (Å²) in [6, 6.07) is 17.6. The largest absolute Gasteiger partial charge is 0.489 e. The normalized spacial score (nSPS) is 10.4. The number of carbonyl (C=O) groups excluding carboxylic acids is 1. The van der Waals surface area contributed by atoms with E-state index >= 15 is 0 Å². The Labute approximate surface area is 140 Å². The minimum Gasteiger partial charge on any atom is -0.489 e. The Balaban J connectivity index is 1.76. The third kappa shape index (κ3) is 3.46. The van der Waals surface area contributed by atoms with Gasteiger partial charge in [-0.15, -0.1) is 0 Å². The van der Waals surface area contributed by atoms with Gasteiger partial charge in [0.1, 0.15) is 12.4 Å². The van der Waals surface area contributed by atoms with Gasteiger partial charge in [0.2, 0.25) is 0 Å². The molecule has 3 rings (SSSR count). The molecular formula is C19H18N2O3. The van der Waals surface area contributed by atoms with E-state index in [1.807, 2.05) is 54.6 Å². The van der Waals surface area contributed by atoms with Crippen molar-refractivity contribution in [1.29, 1.82) is 0 Å². The van der Waals surface area contributed by atoms with Crippen LogP contribution in [-0.2, 0) is 18.4 Å². The molecule has 0 spiro atoms. The Bertz CT molecular complexity index is 824. The molecule has 0 aliphatic heterocycles. The van der Waals surface area contributed by atoms with Crippen LogP contribution in [0.25, 0.3) is 11.1 Å². The molecule has 0 radical (unpaired) electrons. The second kappa shape index (κ2) is 7.00. The van der Waals surface area contributed by atoms with Crippen LogP contribution in [0.5, 0.6) is 5.75 Å². The number of aryl methyl sites for hydroxylation is 1. The van der Waals surface area contributed by atoms with Gasteiger partial charge in [0.15, 0.2) is 5.69 Å². The van der Waals surface area contributed by atoms with E-state index in [-0.39, 0.29) is 0 Å². The van der Waals surface area contributed by atoms with Crippen LogP contribution in [0.4, 0.5) is 0 Å². The number of aromatic nitrogens is 2. The topological polar surface area (TPSA) is 53.3 Å². The van der Waals surface area contributed by atoms with Gasteiger partial charge in [-0.25, -0.2) is 4.79 Å². The Morgan fingerprint density at radius 1 is 1.08 bits per heavy atom. The summed E-state index contributed by atoms with van der Waals surface area (Å²) in [6.45, 7) is 0.514. The Morgan fingerprint density at radius 3 is 2.46 bits per heavy atom. The van der Waals surface area contributed by atoms with Crippen LogP contribution < -0.4 is 4.74 Å². The van der Waals surface area contributed by atoms with Crippen molar-refractivity contribution in [3.8, 4) is 16.9 Å². The number of methoxy groups -OCH3 is 1. The van der Waals surface area contributed by atoms with Crippen molar-refractivity contribution in [1.82, 2.24) is 9.78 Å². The van der Waals surface area contributed by atoms with Crippen LogP contribution in [0, 0.1) is 0 Å². The van der Waals surface area contributed by atoms with Crippen molar-refractivity contribution in [3.05, 3.63) is 72.1 Å². The fourth-order valence-corrected chi connectivity index (χ4v) is 2.42. The minimum absolute atomic E-state index is 0.304. The summed E-state index contributed by atoms with van der Waals surface area (Å²) in [5, 5.41) is 4.17. The Kier molecular flexibility index (Phi) is 4.61. The molecule has 0 bridgehead atoms. The molecular weight excluding hydrogens is 304 g/mol. The van der Waals surface area contributed by atoms with Crippen LogP contribution >= 0.6 is 0 Å². The number of ether oxygens (including phenoxy) is 2. The number of carbonyl (C=O) groups is 1. The van der Waals surface area contributed by atoms with E-state index in [9.17, 15) is 4.79 Å². The predicted octanol–water partition coefficient (Wildman–Crippen LogP) is 3.45. The average Bonchev–Trinajstić information content (AvgIpc) is 3.02. The van der Waals surface area contributed by atoms with Gasteiger partial charge in [-0.1, -0.05) is 42.5 Å². The molecule has 0 saturated heterocycles. The molecule has 122 valence electrons. The molecule has 0 aliphatic carbocycles. The highest BCUT2D eigenvalue weighted by atomic mass is 16.5. The van der Waals surface area contributed by atoms with E-state index in [4.69, 9.17) is 9.47 Å². The summed E-state index contributed by atoms with van der Waals surface area (Å²) in [4.78, 5) is 11.8. The first-order chi connectivity index (χ1) is 11.7. The molecule has 3 aromatic rings. The monoisotopic (exact) mass is 322 g/mol. The quantitative estimate of drug-likeness (QED) is 0.675. The van der Waals surface area contributed by atoms with Crippen molar-refractivity contribution in [2.75, 3.05) is 7.11 Å². The lowest BCUT2D eigenvalue weighted by molar-refractivity contribution is 0.0594. The van der Waals surface area contributed by atoms with Gasteiger partial charge in [-0.2, -0.15) is 5.10 Å². The fourth-order valence-electron chi connectivity index (χ4n) is 2.42. The first-order valence-electron chi connectivity index (χ1n) is 7.56. The van der Waals surface area contributed by atoms with Crippen molar-refractivity contribution in [2.45, 2.75) is 6.61 Å². The van der Waals surface area contributed by atoms with Crippen molar-refractivity contribution >= 4 is 5.97 Å². The highest BCUT2D eigenvalue weighted by Gasteiger charge is 2.17. The molecule has 0 atom stereocenters. The standard InChI is InChI=1S/C19H18N2O3/c1-21-12-17(18(20-21)19(22)23-2)15-8-10-16(11-9-15)24-13-14-6-4-3-5-7-14/h3-12H,13H2,1-2H3. The predicted molar refractivity (Wildman–Crippen MR) is 90.8 cm³/mol. The Hall–Kier alpha value is -3.08. The number of esters is 1. The molecule has 0 amide bonds. The second-order valence-electron chi connectivity index (χ2n) is 5.36. The molecule has 24 heavy (non-hydrogen) atoms. The molecule has 5 heteroatoms. The Morgan fingerprint density at radius 2 is 1.79 bits per heavy atom. The van der Waals surface area contributed by atoms with Gasteiger partial charge in [-0.05, 0) is 23.3 Å². The van der Waals surface area contributed by atoms with Gasteiger partial charge in [0, 0.05) is 18.8 Å². The number of hydrogen-bond donors (Lipinski definition) is 0. The molecule has 0 saturated carbocycles. The lowest BCUT2D eigenvalue weighted by Gasteiger charge is -2.07. The zero-order chi connectivity index (χ0) is 16.9. The van der Waals surface area contributed by atoms with Gasteiger partial charge >= 0.3 is 5.97 Å². The van der Waals surface area contributed by atoms with Gasteiger partial charge in [0.25, 0.3) is 0 Å². The minimum atomic E-state index is -0.449. The van der Waals surface area contributed by atoms with E-state index in [1.165, 1.54) is 7.11 Å². The maximum atomic E-state index is 11.8. The van der Waals surface area contributed by atoms with Crippen LogP contribution in [0.15, 0.2) is 60.8 Å². The van der Waals surface area contributed by atoms with Gasteiger partial charge in [0.05, 0.1) is 7.11 Å². The van der Waals surface area contributed by atoms with Crippen molar-refractivity contribution in [3.63, 3.8) is 0 Å². The lowest BCUT2D eigenvalue weighted by Crippen LogP contribution is -2.04. The fraction of sp³-hybridized carbons (Fsp3) is 0.158. The molecule has 1 aromatic heterocycles. The number of nitrogens with zero attached hydrogens (tertiary/aromatic N) is 2. The van der Waals surface area contributed by atoms with E-state index in [1.54, 1.807) is 17.9 Å². The highest BCUT2D eigenvalue weighted by Crippen LogP contribution is 2.26. The molecule has 1 heterocycles. The zero-order valence-electron chi connectivity index (χ0n) is 13.6. The van der Waals surface area contributed by atoms with E-state index in [0.717, 1.165) is 22.4 Å². The lowest BCUT2D eigenvalue weighted by atomic mass is 10.1. The molecule has 5 nitrogen and oxygen atoms in total. The average molecular weight is 322 g/mol. The van der Waals surface area contributed by atoms with E-state index in [2.05, 4.69) is 5.10 Å². The molecule has 0 fully saturated rings. The first-order valence-corrected chi connectivity index (χ1v) is 7.56. The third-order valence-corrected chi connectivity index (χ3v) is 3.62. The SMILES string of the molecule is COC(=O)c1nn(C)cc1-c1ccc(OCc2ccccc2)cc1. The highest BCUT2D eigenvalue weighted by molar-refractivity contribution is 5.95. The van der Waals surface area contributed by atoms with Crippen LogP contribution in [0.3, 0.4) is 0 Å². The first kappa shape index (κ1) is 15.8. The number of benzene rings is 2. The number of hydrogen-bond acceptors (Lipinski definition) is 4. The van der Waals surface area contributed by atoms with Gasteiger partial charge in [-0.3, -0.25) is 4.68 Å².